The molecule has 0 aromatic rings. The van der Waals surface area contributed by atoms with Gasteiger partial charge in [-0.15, -0.1) is 0 Å². The molecule has 1 aliphatic heterocycles. The molecule has 4 heteroatoms. The van der Waals surface area contributed by atoms with Crippen molar-refractivity contribution >= 4 is 12.1 Å². The zero-order chi connectivity index (χ0) is 16.2. The van der Waals surface area contributed by atoms with Crippen LogP contribution in [0.2, 0.25) is 0 Å². The fourth-order valence-corrected chi connectivity index (χ4v) is 2.91. The Balaban J connectivity index is 2.08. The van der Waals surface area contributed by atoms with E-state index in [1.54, 1.807) is 11.1 Å². The van der Waals surface area contributed by atoms with E-state index in [-0.39, 0.29) is 11.8 Å². The number of carbonyl (C=O) groups excluding carboxylic acids is 1. The average molecular weight is 310 g/mol. The van der Waals surface area contributed by atoms with Gasteiger partial charge in [0, 0.05) is 19.3 Å². The van der Waals surface area contributed by atoms with Gasteiger partial charge in [-0.25, -0.2) is 0 Å². The molecule has 1 aliphatic rings. The second-order valence-corrected chi connectivity index (χ2v) is 6.55. The quantitative estimate of drug-likeness (QED) is 0.594. The average Bonchev–Trinajstić information content (AvgIpc) is 2.65. The van der Waals surface area contributed by atoms with Crippen LogP contribution in [0.25, 0.3) is 0 Å². The Labute approximate surface area is 136 Å². The highest BCUT2D eigenvalue weighted by Crippen LogP contribution is 2.12. The number of aliphatic hydroxyl groups is 1. The molecule has 4 nitrogen and oxygen atoms in total. The van der Waals surface area contributed by atoms with Gasteiger partial charge in [0.2, 0.25) is 5.91 Å². The summed E-state index contributed by atoms with van der Waals surface area (Å²) in [5.74, 6) is -0.0611. The van der Waals surface area contributed by atoms with Gasteiger partial charge in [0.25, 0.3) is 0 Å². The third kappa shape index (κ3) is 7.92. The van der Waals surface area contributed by atoms with Crippen LogP contribution in [0.1, 0.15) is 71.6 Å². The van der Waals surface area contributed by atoms with Gasteiger partial charge in [-0.3, -0.25) is 9.79 Å². The van der Waals surface area contributed by atoms with Crippen LogP contribution in [-0.2, 0) is 4.79 Å². The van der Waals surface area contributed by atoms with Crippen LogP contribution in [-0.4, -0.2) is 47.9 Å². The van der Waals surface area contributed by atoms with Crippen molar-refractivity contribution in [2.24, 2.45) is 10.9 Å². The van der Waals surface area contributed by atoms with Crippen LogP contribution >= 0.6 is 0 Å². The molecule has 1 N–H and O–H groups in total. The van der Waals surface area contributed by atoms with E-state index in [9.17, 15) is 9.90 Å². The number of aliphatic hydroxyl groups excluding tert-OH is 1. The van der Waals surface area contributed by atoms with E-state index >= 15 is 0 Å². The molecule has 0 spiro atoms. The topological polar surface area (TPSA) is 52.9 Å². The first-order chi connectivity index (χ1) is 10.6. The standard InChI is InChI=1S/C18H34N2O2/c1-3-4-5-6-7-8-9-10-11-17(21)15-20-13-12-19-14-16(2)18(20)22/h14,16-17,21H,3-13,15H2,1-2H3. The monoisotopic (exact) mass is 310 g/mol. The zero-order valence-corrected chi connectivity index (χ0v) is 14.5. The molecule has 2 atom stereocenters. The fraction of sp³-hybridized carbons (Fsp3) is 0.889. The predicted octanol–water partition coefficient (Wildman–Crippen LogP) is 3.43. The first-order valence-electron chi connectivity index (χ1n) is 9.12. The summed E-state index contributed by atoms with van der Waals surface area (Å²) in [7, 11) is 0. The Morgan fingerprint density at radius 3 is 2.55 bits per heavy atom. The maximum Gasteiger partial charge on any atom is 0.230 e. The molecule has 128 valence electrons. The summed E-state index contributed by atoms with van der Waals surface area (Å²) in [5.41, 5.74) is 0. The molecule has 1 amide bonds. The number of unbranched alkanes of at least 4 members (excludes halogenated alkanes) is 7. The molecule has 22 heavy (non-hydrogen) atoms. The smallest absolute Gasteiger partial charge is 0.230 e. The van der Waals surface area contributed by atoms with Crippen molar-refractivity contribution < 1.29 is 9.90 Å². The van der Waals surface area contributed by atoms with Crippen molar-refractivity contribution in [1.82, 2.24) is 4.90 Å². The minimum atomic E-state index is -0.394. The van der Waals surface area contributed by atoms with Crippen LogP contribution < -0.4 is 0 Å². The summed E-state index contributed by atoms with van der Waals surface area (Å²) in [6, 6.07) is 0. The molecule has 0 aliphatic carbocycles. The number of rotatable bonds is 11. The lowest BCUT2D eigenvalue weighted by Crippen LogP contribution is -2.40. The number of β-amino-alcohol motifs (C(OH)–C–C–N with tert-alkyl or cyclic N) is 1. The summed E-state index contributed by atoms with van der Waals surface area (Å²) >= 11 is 0. The van der Waals surface area contributed by atoms with E-state index in [0.717, 1.165) is 12.8 Å². The summed E-state index contributed by atoms with van der Waals surface area (Å²) in [6.45, 7) is 5.86. The summed E-state index contributed by atoms with van der Waals surface area (Å²) in [4.78, 5) is 18.1. The maximum atomic E-state index is 12.1. The van der Waals surface area contributed by atoms with E-state index in [2.05, 4.69) is 11.9 Å². The Kier molecular flexibility index (Phi) is 10.1. The van der Waals surface area contributed by atoms with E-state index < -0.39 is 6.10 Å². The lowest BCUT2D eigenvalue weighted by atomic mass is 10.1. The molecular weight excluding hydrogens is 276 g/mol. The molecule has 0 aromatic heterocycles. The Morgan fingerprint density at radius 2 is 1.86 bits per heavy atom. The van der Waals surface area contributed by atoms with E-state index in [4.69, 9.17) is 0 Å². The number of carbonyl (C=O) groups is 1. The van der Waals surface area contributed by atoms with E-state index in [1.807, 2.05) is 6.92 Å². The highest BCUT2D eigenvalue weighted by Gasteiger charge is 2.22. The molecule has 2 unspecified atom stereocenters. The first-order valence-corrected chi connectivity index (χ1v) is 9.12. The van der Waals surface area contributed by atoms with Crippen LogP contribution in [0.5, 0.6) is 0 Å². The predicted molar refractivity (Wildman–Crippen MR) is 92.3 cm³/mol. The van der Waals surface area contributed by atoms with Gasteiger partial charge in [-0.05, 0) is 13.3 Å². The molecule has 0 saturated heterocycles. The number of hydrogen-bond donors (Lipinski definition) is 1. The van der Waals surface area contributed by atoms with Crippen LogP contribution in [0, 0.1) is 5.92 Å². The van der Waals surface area contributed by atoms with Gasteiger partial charge < -0.3 is 10.0 Å². The molecular formula is C18H34N2O2. The number of aliphatic imine (C=N–C) groups is 1. The van der Waals surface area contributed by atoms with Gasteiger partial charge in [-0.2, -0.15) is 0 Å². The van der Waals surface area contributed by atoms with E-state index in [1.165, 1.54) is 44.9 Å². The van der Waals surface area contributed by atoms with Gasteiger partial charge in [0.05, 0.1) is 18.6 Å². The molecule has 0 fully saturated rings. The largest absolute Gasteiger partial charge is 0.391 e. The van der Waals surface area contributed by atoms with Crippen LogP contribution in [0.4, 0.5) is 0 Å². The van der Waals surface area contributed by atoms with Crippen molar-refractivity contribution in [3.63, 3.8) is 0 Å². The summed E-state index contributed by atoms with van der Waals surface area (Å²) in [5, 5.41) is 10.1. The van der Waals surface area contributed by atoms with Gasteiger partial charge in [0.15, 0.2) is 0 Å². The Hall–Kier alpha value is -0.900. The summed E-state index contributed by atoms with van der Waals surface area (Å²) < 4.78 is 0. The fourth-order valence-electron chi connectivity index (χ4n) is 2.91. The molecule has 0 saturated carbocycles. The minimum absolute atomic E-state index is 0.0937. The molecule has 0 radical (unpaired) electrons. The second kappa shape index (κ2) is 11.6. The number of hydrogen-bond acceptors (Lipinski definition) is 3. The van der Waals surface area contributed by atoms with Gasteiger partial charge in [-0.1, -0.05) is 58.3 Å². The third-order valence-electron chi connectivity index (χ3n) is 4.35. The Morgan fingerprint density at radius 1 is 1.23 bits per heavy atom. The van der Waals surface area contributed by atoms with E-state index in [0.29, 0.717) is 19.6 Å². The van der Waals surface area contributed by atoms with Gasteiger partial charge >= 0.3 is 0 Å². The third-order valence-corrected chi connectivity index (χ3v) is 4.35. The minimum Gasteiger partial charge on any atom is -0.391 e. The molecule has 1 rings (SSSR count). The highest BCUT2D eigenvalue weighted by atomic mass is 16.3. The SMILES string of the molecule is CCCCCCCCCCC(O)CN1CCN=CC(C)C1=O. The number of amides is 1. The zero-order valence-electron chi connectivity index (χ0n) is 14.5. The first kappa shape index (κ1) is 19.1. The van der Waals surface area contributed by atoms with Crippen molar-refractivity contribution in [3.05, 3.63) is 0 Å². The lowest BCUT2D eigenvalue weighted by molar-refractivity contribution is -0.133. The molecule has 1 heterocycles. The van der Waals surface area contributed by atoms with Crippen molar-refractivity contribution in [1.29, 1.82) is 0 Å². The Bertz CT molecular complexity index is 331. The normalized spacial score (nSPS) is 20.2. The van der Waals surface area contributed by atoms with Gasteiger partial charge in [0.1, 0.15) is 0 Å². The summed E-state index contributed by atoms with van der Waals surface area (Å²) in [6.07, 6.45) is 12.3. The van der Waals surface area contributed by atoms with Crippen molar-refractivity contribution in [2.75, 3.05) is 19.6 Å². The lowest BCUT2D eigenvalue weighted by Gasteiger charge is -2.25. The van der Waals surface area contributed by atoms with Crippen LogP contribution in [0.3, 0.4) is 0 Å². The second-order valence-electron chi connectivity index (χ2n) is 6.55. The van der Waals surface area contributed by atoms with Crippen LogP contribution in [0.15, 0.2) is 4.99 Å². The van der Waals surface area contributed by atoms with Crippen molar-refractivity contribution in [3.8, 4) is 0 Å². The molecule has 0 aromatic carbocycles. The number of nitrogens with zero attached hydrogens (tertiary/aromatic N) is 2. The molecule has 0 bridgehead atoms. The maximum absolute atomic E-state index is 12.1. The van der Waals surface area contributed by atoms with Crippen molar-refractivity contribution in [2.45, 2.75) is 77.7 Å². The highest BCUT2D eigenvalue weighted by molar-refractivity contribution is 5.93.